The van der Waals surface area contributed by atoms with Crippen molar-refractivity contribution in [1.29, 1.82) is 0 Å². The summed E-state index contributed by atoms with van der Waals surface area (Å²) in [4.78, 5) is 17.2. The van der Waals surface area contributed by atoms with E-state index in [-0.39, 0.29) is 11.6 Å². The number of amides is 1. The lowest BCUT2D eigenvalue weighted by atomic mass is 10.2. The standard InChI is InChI=1S/C22H16BrFN4O/c1-14-4-2-3-5-19(14)28-21(15-6-8-16(23)9-7-15)26-20(27-28)22(29)25-18-12-10-17(24)11-13-18/h2-13H,1H3,(H,25,29). The fraction of sp³-hybridized carbons (Fsp3) is 0.0455. The van der Waals surface area contributed by atoms with Crippen molar-refractivity contribution in [3.05, 3.63) is 94.5 Å². The van der Waals surface area contributed by atoms with Crippen molar-refractivity contribution < 1.29 is 9.18 Å². The number of para-hydroxylation sites is 1. The molecule has 3 aromatic carbocycles. The fourth-order valence-corrected chi connectivity index (χ4v) is 3.15. The lowest BCUT2D eigenvalue weighted by molar-refractivity contribution is 0.101. The second kappa shape index (κ2) is 7.97. The van der Waals surface area contributed by atoms with Crippen LogP contribution in [0, 0.1) is 12.7 Å². The number of carbonyl (C=O) groups is 1. The van der Waals surface area contributed by atoms with Gasteiger partial charge in [0.2, 0.25) is 5.82 Å². The fourth-order valence-electron chi connectivity index (χ4n) is 2.88. The van der Waals surface area contributed by atoms with Crippen LogP contribution in [0.1, 0.15) is 16.2 Å². The highest BCUT2D eigenvalue weighted by Crippen LogP contribution is 2.25. The van der Waals surface area contributed by atoms with Crippen LogP contribution < -0.4 is 5.32 Å². The highest BCUT2D eigenvalue weighted by Gasteiger charge is 2.19. The number of aryl methyl sites for hydroxylation is 1. The molecule has 0 saturated heterocycles. The molecule has 0 radical (unpaired) electrons. The zero-order valence-electron chi connectivity index (χ0n) is 15.4. The molecule has 0 aliphatic carbocycles. The minimum atomic E-state index is -0.470. The molecule has 1 aromatic heterocycles. The average molecular weight is 451 g/mol. The minimum absolute atomic E-state index is 0.0236. The maximum atomic E-state index is 13.1. The summed E-state index contributed by atoms with van der Waals surface area (Å²) in [6.45, 7) is 1.97. The van der Waals surface area contributed by atoms with Crippen LogP contribution in [0.4, 0.5) is 10.1 Å². The van der Waals surface area contributed by atoms with E-state index in [2.05, 4.69) is 31.3 Å². The Hall–Kier alpha value is -3.32. The Balaban J connectivity index is 1.76. The molecule has 7 heteroatoms. The number of aromatic nitrogens is 3. The summed E-state index contributed by atoms with van der Waals surface area (Å²) in [5.74, 6) is -0.267. The average Bonchev–Trinajstić information content (AvgIpc) is 3.16. The molecule has 0 spiro atoms. The predicted octanol–water partition coefficient (Wildman–Crippen LogP) is 5.40. The summed E-state index contributed by atoms with van der Waals surface area (Å²) in [5.41, 5.74) is 3.12. The van der Waals surface area contributed by atoms with Crippen molar-refractivity contribution in [3.63, 3.8) is 0 Å². The van der Waals surface area contributed by atoms with E-state index in [1.165, 1.54) is 24.3 Å². The van der Waals surface area contributed by atoms with Crippen molar-refractivity contribution in [2.75, 3.05) is 5.32 Å². The Morgan fingerprint density at radius 3 is 2.38 bits per heavy atom. The third kappa shape index (κ3) is 4.09. The summed E-state index contributed by atoms with van der Waals surface area (Å²) in [6.07, 6.45) is 0. The molecule has 29 heavy (non-hydrogen) atoms. The first-order valence-electron chi connectivity index (χ1n) is 8.87. The van der Waals surface area contributed by atoms with Crippen molar-refractivity contribution in [3.8, 4) is 17.1 Å². The molecule has 0 saturated carbocycles. The zero-order chi connectivity index (χ0) is 20.4. The molecule has 1 N–H and O–H groups in total. The highest BCUT2D eigenvalue weighted by atomic mass is 79.9. The van der Waals surface area contributed by atoms with Crippen molar-refractivity contribution in [2.24, 2.45) is 0 Å². The molecule has 144 valence electrons. The van der Waals surface area contributed by atoms with Gasteiger partial charge in [0.1, 0.15) is 5.82 Å². The van der Waals surface area contributed by atoms with Gasteiger partial charge in [-0.25, -0.2) is 14.1 Å². The van der Waals surface area contributed by atoms with E-state index >= 15 is 0 Å². The molecule has 5 nitrogen and oxygen atoms in total. The Morgan fingerprint density at radius 1 is 1.00 bits per heavy atom. The number of nitrogens with one attached hydrogen (secondary N) is 1. The Morgan fingerprint density at radius 2 is 1.69 bits per heavy atom. The monoisotopic (exact) mass is 450 g/mol. The lowest BCUT2D eigenvalue weighted by Crippen LogP contribution is -2.14. The van der Waals surface area contributed by atoms with Crippen LogP contribution in [-0.4, -0.2) is 20.7 Å². The lowest BCUT2D eigenvalue weighted by Gasteiger charge is -2.08. The van der Waals surface area contributed by atoms with Gasteiger partial charge in [0.05, 0.1) is 5.69 Å². The molecular formula is C22H16BrFN4O. The van der Waals surface area contributed by atoms with Gasteiger partial charge in [0.15, 0.2) is 5.82 Å². The maximum Gasteiger partial charge on any atom is 0.295 e. The van der Waals surface area contributed by atoms with Gasteiger partial charge >= 0.3 is 0 Å². The molecule has 0 bridgehead atoms. The van der Waals surface area contributed by atoms with E-state index in [1.54, 1.807) is 4.68 Å². The molecule has 0 unspecified atom stereocenters. The first-order chi connectivity index (χ1) is 14.0. The number of halogens is 2. The molecular weight excluding hydrogens is 435 g/mol. The van der Waals surface area contributed by atoms with Crippen molar-refractivity contribution >= 4 is 27.5 Å². The second-order valence-corrected chi connectivity index (χ2v) is 7.34. The van der Waals surface area contributed by atoms with E-state index in [4.69, 9.17) is 0 Å². The molecule has 0 aliphatic heterocycles. The molecule has 1 amide bonds. The van der Waals surface area contributed by atoms with E-state index in [1.807, 2.05) is 55.5 Å². The first-order valence-corrected chi connectivity index (χ1v) is 9.66. The Bertz CT molecular complexity index is 1170. The largest absolute Gasteiger partial charge is 0.319 e. The van der Waals surface area contributed by atoms with Gasteiger partial charge in [0, 0.05) is 15.7 Å². The van der Waals surface area contributed by atoms with Crippen molar-refractivity contribution in [1.82, 2.24) is 14.8 Å². The van der Waals surface area contributed by atoms with E-state index in [0.29, 0.717) is 11.5 Å². The summed E-state index contributed by atoms with van der Waals surface area (Å²) in [7, 11) is 0. The van der Waals surface area contributed by atoms with Crippen LogP contribution >= 0.6 is 15.9 Å². The Labute approximate surface area is 175 Å². The van der Waals surface area contributed by atoms with E-state index in [0.717, 1.165) is 21.3 Å². The number of rotatable bonds is 4. The summed E-state index contributed by atoms with van der Waals surface area (Å²) in [5, 5.41) is 7.16. The van der Waals surface area contributed by atoms with Gasteiger partial charge in [-0.1, -0.05) is 46.3 Å². The second-order valence-electron chi connectivity index (χ2n) is 6.43. The number of anilines is 1. The van der Waals surface area contributed by atoms with E-state index < -0.39 is 5.91 Å². The van der Waals surface area contributed by atoms with Gasteiger partial charge in [-0.15, -0.1) is 5.10 Å². The zero-order valence-corrected chi connectivity index (χ0v) is 17.0. The molecule has 0 aliphatic rings. The Kier molecular flexibility index (Phi) is 5.22. The molecule has 0 atom stereocenters. The highest BCUT2D eigenvalue weighted by molar-refractivity contribution is 9.10. The number of carbonyl (C=O) groups excluding carboxylic acids is 1. The normalized spacial score (nSPS) is 10.7. The molecule has 4 rings (SSSR count). The topological polar surface area (TPSA) is 59.8 Å². The van der Waals surface area contributed by atoms with E-state index in [9.17, 15) is 9.18 Å². The van der Waals surface area contributed by atoms with Crippen LogP contribution in [0.15, 0.2) is 77.3 Å². The molecule has 0 fully saturated rings. The smallest absolute Gasteiger partial charge is 0.295 e. The minimum Gasteiger partial charge on any atom is -0.319 e. The SMILES string of the molecule is Cc1ccccc1-n1nc(C(=O)Nc2ccc(F)cc2)nc1-c1ccc(Br)cc1. The van der Waals surface area contributed by atoms with Crippen LogP contribution in [0.5, 0.6) is 0 Å². The first kappa shape index (κ1) is 19.0. The maximum absolute atomic E-state index is 13.1. The predicted molar refractivity (Wildman–Crippen MR) is 114 cm³/mol. The van der Waals surface area contributed by atoms with Crippen LogP contribution in [-0.2, 0) is 0 Å². The summed E-state index contributed by atoms with van der Waals surface area (Å²) < 4.78 is 15.7. The summed E-state index contributed by atoms with van der Waals surface area (Å²) >= 11 is 3.43. The third-order valence-corrected chi connectivity index (χ3v) is 4.89. The van der Waals surface area contributed by atoms with Crippen LogP contribution in [0.2, 0.25) is 0 Å². The number of hydrogen-bond donors (Lipinski definition) is 1. The van der Waals surface area contributed by atoms with Gasteiger partial charge in [0.25, 0.3) is 5.91 Å². The van der Waals surface area contributed by atoms with Gasteiger partial charge in [-0.05, 0) is 55.0 Å². The number of hydrogen-bond acceptors (Lipinski definition) is 3. The van der Waals surface area contributed by atoms with Crippen LogP contribution in [0.3, 0.4) is 0 Å². The quantitative estimate of drug-likeness (QED) is 0.452. The number of benzene rings is 3. The van der Waals surface area contributed by atoms with Crippen LogP contribution in [0.25, 0.3) is 17.1 Å². The number of nitrogens with zero attached hydrogens (tertiary/aromatic N) is 3. The molecule has 1 heterocycles. The van der Waals surface area contributed by atoms with Gasteiger partial charge in [-0.2, -0.15) is 0 Å². The van der Waals surface area contributed by atoms with Crippen molar-refractivity contribution in [2.45, 2.75) is 6.92 Å². The van der Waals surface area contributed by atoms with Gasteiger partial charge in [-0.3, -0.25) is 4.79 Å². The van der Waals surface area contributed by atoms with Gasteiger partial charge < -0.3 is 5.32 Å². The molecule has 4 aromatic rings. The summed E-state index contributed by atoms with van der Waals surface area (Å²) in [6, 6.07) is 20.9. The third-order valence-electron chi connectivity index (χ3n) is 4.36.